The predicted molar refractivity (Wildman–Crippen MR) is 145 cm³/mol. The first-order valence-electron chi connectivity index (χ1n) is 12.7. The predicted octanol–water partition coefficient (Wildman–Crippen LogP) is 4.44. The van der Waals surface area contributed by atoms with Crippen LogP contribution >= 0.6 is 0 Å². The Balaban J connectivity index is 1.33. The van der Waals surface area contributed by atoms with Crippen LogP contribution in [0.2, 0.25) is 0 Å². The highest BCUT2D eigenvalue weighted by Crippen LogP contribution is 2.35. The van der Waals surface area contributed by atoms with Crippen LogP contribution in [-0.2, 0) is 16.9 Å². The molecular weight excluding hydrogens is 450 g/mol. The highest BCUT2D eigenvalue weighted by molar-refractivity contribution is 5.93. The first kappa shape index (κ1) is 24.3. The van der Waals surface area contributed by atoms with E-state index < -0.39 is 5.60 Å². The van der Waals surface area contributed by atoms with Gasteiger partial charge in [-0.05, 0) is 74.2 Å². The molecule has 36 heavy (non-hydrogen) atoms. The third kappa shape index (κ3) is 5.08. The van der Waals surface area contributed by atoms with Gasteiger partial charge in [0, 0.05) is 61.5 Å². The minimum absolute atomic E-state index is 0.0671. The van der Waals surface area contributed by atoms with E-state index in [1.54, 1.807) is 20.0 Å². The van der Waals surface area contributed by atoms with Gasteiger partial charge in [-0.3, -0.25) is 14.7 Å². The molecule has 188 valence electrons. The fraction of sp³-hybridized carbons (Fsp3) is 0.379. The standard InChI is InChI=1S/C29H35N5O2/c1-29(2,36)27-16-20(10-13-31-27)24-17-23(8-9-26(24)30-3)33-14-11-22(12-15-33)34-18-21-6-4-5-7-25(21)32-28(35)19-34/h4-10,13,16-17,22,30,36H,11-12,14-15,18-19H2,1-3H3,(H,32,35). The summed E-state index contributed by atoms with van der Waals surface area (Å²) < 4.78 is 0. The Bertz CT molecular complexity index is 1240. The molecular formula is C29H35N5O2. The lowest BCUT2D eigenvalue weighted by atomic mass is 9.97. The van der Waals surface area contributed by atoms with Crippen molar-refractivity contribution in [3.05, 3.63) is 72.1 Å². The maximum absolute atomic E-state index is 12.5. The minimum atomic E-state index is -1.000. The molecule has 2 aliphatic rings. The molecule has 0 unspecified atom stereocenters. The molecule has 1 aromatic heterocycles. The quantitative estimate of drug-likeness (QED) is 0.496. The van der Waals surface area contributed by atoms with Gasteiger partial charge in [0.05, 0.1) is 12.2 Å². The Labute approximate surface area is 213 Å². The number of aromatic nitrogens is 1. The number of rotatable bonds is 5. The topological polar surface area (TPSA) is 80.7 Å². The van der Waals surface area contributed by atoms with E-state index in [9.17, 15) is 9.90 Å². The third-order valence-corrected chi connectivity index (χ3v) is 7.33. The molecule has 2 aromatic carbocycles. The van der Waals surface area contributed by atoms with Gasteiger partial charge in [-0.1, -0.05) is 18.2 Å². The summed E-state index contributed by atoms with van der Waals surface area (Å²) in [5, 5.41) is 16.8. The highest BCUT2D eigenvalue weighted by Gasteiger charge is 2.29. The fourth-order valence-electron chi connectivity index (χ4n) is 5.29. The zero-order valence-corrected chi connectivity index (χ0v) is 21.3. The first-order chi connectivity index (χ1) is 17.3. The Morgan fingerprint density at radius 1 is 1.06 bits per heavy atom. The molecule has 0 bridgehead atoms. The second-order valence-corrected chi connectivity index (χ2v) is 10.3. The molecule has 3 aromatic rings. The number of para-hydroxylation sites is 1. The second-order valence-electron chi connectivity index (χ2n) is 10.3. The van der Waals surface area contributed by atoms with E-state index in [1.165, 1.54) is 11.3 Å². The van der Waals surface area contributed by atoms with E-state index in [1.807, 2.05) is 37.4 Å². The molecule has 5 rings (SSSR count). The molecule has 0 radical (unpaired) electrons. The number of piperidine rings is 1. The van der Waals surface area contributed by atoms with Crippen molar-refractivity contribution in [3.8, 4) is 11.1 Å². The van der Waals surface area contributed by atoms with Gasteiger partial charge < -0.3 is 20.6 Å². The van der Waals surface area contributed by atoms with E-state index in [0.29, 0.717) is 18.3 Å². The summed E-state index contributed by atoms with van der Waals surface area (Å²) in [4.78, 5) is 21.7. The molecule has 0 spiro atoms. The molecule has 1 saturated heterocycles. The molecule has 1 amide bonds. The SMILES string of the molecule is CNc1ccc(N2CCC(N3CC(=O)Nc4ccccc4C3)CC2)cc1-c1ccnc(C(C)(C)O)c1. The van der Waals surface area contributed by atoms with Crippen LogP contribution in [0, 0.1) is 0 Å². The van der Waals surface area contributed by atoms with Crippen LogP contribution in [0.5, 0.6) is 0 Å². The van der Waals surface area contributed by atoms with E-state index in [-0.39, 0.29) is 5.91 Å². The minimum Gasteiger partial charge on any atom is -0.388 e. The number of nitrogens with zero attached hydrogens (tertiary/aromatic N) is 3. The number of fused-ring (bicyclic) bond motifs is 1. The number of hydrogen-bond acceptors (Lipinski definition) is 6. The summed E-state index contributed by atoms with van der Waals surface area (Å²) in [6.07, 6.45) is 3.78. The number of pyridine rings is 1. The summed E-state index contributed by atoms with van der Waals surface area (Å²) >= 11 is 0. The Hall–Kier alpha value is -3.42. The van der Waals surface area contributed by atoms with E-state index >= 15 is 0 Å². The largest absolute Gasteiger partial charge is 0.388 e. The lowest BCUT2D eigenvalue weighted by Gasteiger charge is -2.39. The normalized spacial score (nSPS) is 17.3. The van der Waals surface area contributed by atoms with Crippen LogP contribution in [0.1, 0.15) is 37.9 Å². The van der Waals surface area contributed by atoms with Crippen LogP contribution in [-0.4, -0.2) is 53.6 Å². The van der Waals surface area contributed by atoms with Crippen molar-refractivity contribution in [1.82, 2.24) is 9.88 Å². The van der Waals surface area contributed by atoms with Crippen molar-refractivity contribution in [3.63, 3.8) is 0 Å². The van der Waals surface area contributed by atoms with Crippen molar-refractivity contribution < 1.29 is 9.90 Å². The number of anilines is 3. The van der Waals surface area contributed by atoms with Crippen molar-refractivity contribution >= 4 is 23.0 Å². The molecule has 2 aliphatic heterocycles. The van der Waals surface area contributed by atoms with Gasteiger partial charge in [0.25, 0.3) is 0 Å². The number of amides is 1. The van der Waals surface area contributed by atoms with Crippen LogP contribution in [0.3, 0.4) is 0 Å². The molecule has 0 atom stereocenters. The molecule has 3 N–H and O–H groups in total. The Morgan fingerprint density at radius 2 is 1.83 bits per heavy atom. The highest BCUT2D eigenvalue weighted by atomic mass is 16.3. The lowest BCUT2D eigenvalue weighted by molar-refractivity contribution is -0.117. The molecule has 1 fully saturated rings. The first-order valence-corrected chi connectivity index (χ1v) is 12.7. The second kappa shape index (κ2) is 9.91. The monoisotopic (exact) mass is 485 g/mol. The average Bonchev–Trinajstić information content (AvgIpc) is 3.06. The fourth-order valence-corrected chi connectivity index (χ4v) is 5.29. The number of carbonyl (C=O) groups excluding carboxylic acids is 1. The third-order valence-electron chi connectivity index (χ3n) is 7.33. The number of benzene rings is 2. The summed E-state index contributed by atoms with van der Waals surface area (Å²) in [7, 11) is 1.93. The van der Waals surface area contributed by atoms with Gasteiger partial charge in [-0.15, -0.1) is 0 Å². The number of nitrogens with one attached hydrogen (secondary N) is 2. The van der Waals surface area contributed by atoms with Crippen LogP contribution in [0.15, 0.2) is 60.8 Å². The number of carbonyl (C=O) groups is 1. The van der Waals surface area contributed by atoms with Crippen LogP contribution in [0.4, 0.5) is 17.1 Å². The summed E-state index contributed by atoms with van der Waals surface area (Å²) in [5.41, 5.74) is 6.10. The lowest BCUT2D eigenvalue weighted by Crippen LogP contribution is -2.46. The summed E-state index contributed by atoms with van der Waals surface area (Å²) in [6, 6.07) is 19.0. The smallest absolute Gasteiger partial charge is 0.238 e. The maximum atomic E-state index is 12.5. The Morgan fingerprint density at radius 3 is 2.58 bits per heavy atom. The average molecular weight is 486 g/mol. The Kier molecular flexibility index (Phi) is 6.69. The van der Waals surface area contributed by atoms with Gasteiger partial charge in [0.2, 0.25) is 5.91 Å². The molecule has 3 heterocycles. The molecule has 0 aliphatic carbocycles. The number of hydrogen-bond donors (Lipinski definition) is 3. The van der Waals surface area contributed by atoms with Crippen molar-refractivity contribution in [2.24, 2.45) is 0 Å². The van der Waals surface area contributed by atoms with E-state index in [4.69, 9.17) is 0 Å². The van der Waals surface area contributed by atoms with E-state index in [2.05, 4.69) is 49.7 Å². The van der Waals surface area contributed by atoms with Crippen molar-refractivity contribution in [2.75, 3.05) is 42.2 Å². The van der Waals surface area contributed by atoms with Crippen molar-refractivity contribution in [1.29, 1.82) is 0 Å². The van der Waals surface area contributed by atoms with Gasteiger partial charge in [0.1, 0.15) is 5.60 Å². The van der Waals surface area contributed by atoms with Crippen LogP contribution < -0.4 is 15.5 Å². The van der Waals surface area contributed by atoms with Gasteiger partial charge in [-0.25, -0.2) is 0 Å². The summed E-state index contributed by atoms with van der Waals surface area (Å²) in [6.45, 7) is 6.62. The molecule has 7 nitrogen and oxygen atoms in total. The molecule has 0 saturated carbocycles. The molecule has 7 heteroatoms. The van der Waals surface area contributed by atoms with Crippen LogP contribution in [0.25, 0.3) is 11.1 Å². The maximum Gasteiger partial charge on any atom is 0.238 e. The van der Waals surface area contributed by atoms with Gasteiger partial charge in [-0.2, -0.15) is 0 Å². The zero-order chi connectivity index (χ0) is 25.3. The number of aliphatic hydroxyl groups is 1. The summed E-state index contributed by atoms with van der Waals surface area (Å²) in [5.74, 6) is 0.0671. The van der Waals surface area contributed by atoms with Crippen molar-refractivity contribution in [2.45, 2.75) is 44.9 Å². The zero-order valence-electron chi connectivity index (χ0n) is 21.3. The van der Waals surface area contributed by atoms with E-state index in [0.717, 1.165) is 55.0 Å². The van der Waals surface area contributed by atoms with Gasteiger partial charge >= 0.3 is 0 Å². The van der Waals surface area contributed by atoms with Gasteiger partial charge in [0.15, 0.2) is 0 Å².